The molecular formula is C38H22N4S2. The summed E-state index contributed by atoms with van der Waals surface area (Å²) in [6, 6.07) is 44.0. The quantitative estimate of drug-likeness (QED) is 0.197. The zero-order chi connectivity index (χ0) is 28.8. The van der Waals surface area contributed by atoms with Gasteiger partial charge in [-0.2, -0.15) is 0 Å². The molecule has 0 radical (unpaired) electrons. The van der Waals surface area contributed by atoms with Gasteiger partial charge < -0.3 is 9.80 Å². The molecule has 0 saturated heterocycles. The molecule has 0 fully saturated rings. The van der Waals surface area contributed by atoms with Crippen LogP contribution in [-0.4, -0.2) is 9.97 Å². The van der Waals surface area contributed by atoms with Crippen molar-refractivity contribution in [3.05, 3.63) is 134 Å². The van der Waals surface area contributed by atoms with Gasteiger partial charge in [0.15, 0.2) is 0 Å². The maximum atomic E-state index is 4.89. The first kappa shape index (κ1) is 24.4. The van der Waals surface area contributed by atoms with Crippen LogP contribution in [0.25, 0.3) is 33.3 Å². The van der Waals surface area contributed by atoms with Crippen LogP contribution in [-0.2, 0) is 0 Å². The van der Waals surface area contributed by atoms with E-state index in [4.69, 9.17) is 9.97 Å². The standard InChI is InChI=1S/C38H22N4S2/c1-5-16-31-26(12-1)41(27-13-2-6-17-32(27)43-31)30-22-25-35-23(36-37(25)40-21-20-39-36)10-9-11-24(35)38(30)42-28-14-3-7-18-33(28)44-34-19-8-4-15-29(34)42/h1-22H. The van der Waals surface area contributed by atoms with Crippen molar-refractivity contribution in [3.63, 3.8) is 0 Å². The Bertz CT molecular complexity index is 2240. The lowest BCUT2D eigenvalue weighted by molar-refractivity contribution is 1.13. The van der Waals surface area contributed by atoms with E-state index in [9.17, 15) is 0 Å². The highest BCUT2D eigenvalue weighted by atomic mass is 32.2. The molecule has 6 aromatic carbocycles. The van der Waals surface area contributed by atoms with Crippen LogP contribution in [0.5, 0.6) is 0 Å². The summed E-state index contributed by atoms with van der Waals surface area (Å²) in [6.45, 7) is 0. The van der Waals surface area contributed by atoms with E-state index in [0.29, 0.717) is 0 Å². The lowest BCUT2D eigenvalue weighted by atomic mass is 9.97. The average molecular weight is 599 g/mol. The van der Waals surface area contributed by atoms with Gasteiger partial charge in [-0.1, -0.05) is 90.3 Å². The van der Waals surface area contributed by atoms with E-state index in [1.165, 1.54) is 53.1 Å². The number of aromatic nitrogens is 2. The summed E-state index contributed by atoms with van der Waals surface area (Å²) >= 11 is 3.67. The van der Waals surface area contributed by atoms with Crippen LogP contribution in [0.15, 0.2) is 153 Å². The second-order valence-electron chi connectivity index (χ2n) is 11.0. The number of hydrogen-bond donors (Lipinski definition) is 0. The van der Waals surface area contributed by atoms with Crippen molar-refractivity contribution >= 4 is 68.4 Å². The van der Waals surface area contributed by atoms with Crippen LogP contribution >= 0.6 is 23.5 Å². The Morgan fingerprint density at radius 1 is 0.432 bits per heavy atom. The minimum atomic E-state index is 0.939. The zero-order valence-corrected chi connectivity index (χ0v) is 24.9. The van der Waals surface area contributed by atoms with Gasteiger partial charge in [-0.3, -0.25) is 9.97 Å². The SMILES string of the molecule is c1ccc2c(c1)Sc1ccccc1N2c1cc2c3c(cccc3c1N1c3ccccc3Sc3ccccc31)-c1nccnc1-2. The zero-order valence-electron chi connectivity index (χ0n) is 23.3. The van der Waals surface area contributed by atoms with Crippen molar-refractivity contribution in [2.75, 3.05) is 9.80 Å². The third kappa shape index (κ3) is 3.32. The molecule has 6 heteroatoms. The fraction of sp³-hybridized carbons (Fsp3) is 0. The molecule has 3 aliphatic rings. The maximum Gasteiger partial charge on any atom is 0.0972 e. The molecule has 2 aliphatic heterocycles. The van der Waals surface area contributed by atoms with E-state index < -0.39 is 0 Å². The van der Waals surface area contributed by atoms with Crippen molar-refractivity contribution in [3.8, 4) is 22.5 Å². The van der Waals surface area contributed by atoms with Gasteiger partial charge in [0.05, 0.1) is 45.5 Å². The third-order valence-electron chi connectivity index (χ3n) is 8.65. The fourth-order valence-electron chi connectivity index (χ4n) is 6.89. The molecule has 44 heavy (non-hydrogen) atoms. The summed E-state index contributed by atoms with van der Waals surface area (Å²) in [7, 11) is 0. The molecule has 1 aromatic heterocycles. The van der Waals surface area contributed by atoms with E-state index in [1.807, 2.05) is 23.5 Å². The van der Waals surface area contributed by atoms with E-state index >= 15 is 0 Å². The molecule has 0 unspecified atom stereocenters. The molecule has 0 N–H and O–H groups in total. The molecule has 0 bridgehead atoms. The van der Waals surface area contributed by atoms with Crippen LogP contribution in [0.4, 0.5) is 34.1 Å². The molecule has 3 heterocycles. The van der Waals surface area contributed by atoms with Gasteiger partial charge in [0.1, 0.15) is 0 Å². The minimum absolute atomic E-state index is 0.939. The smallest absolute Gasteiger partial charge is 0.0972 e. The highest BCUT2D eigenvalue weighted by molar-refractivity contribution is 8.00. The Hall–Kier alpha value is -5.04. The van der Waals surface area contributed by atoms with E-state index in [1.54, 1.807) is 12.4 Å². The second-order valence-corrected chi connectivity index (χ2v) is 13.2. The first-order valence-corrected chi connectivity index (χ1v) is 16.2. The summed E-state index contributed by atoms with van der Waals surface area (Å²) in [6.07, 6.45) is 3.61. The van der Waals surface area contributed by atoms with Crippen molar-refractivity contribution in [2.24, 2.45) is 0 Å². The number of fused-ring (bicyclic) bond motifs is 7. The van der Waals surface area contributed by atoms with Gasteiger partial charge in [0, 0.05) is 53.9 Å². The summed E-state index contributed by atoms with van der Waals surface area (Å²) in [5.41, 5.74) is 11.1. The number of nitrogens with zero attached hydrogens (tertiary/aromatic N) is 4. The van der Waals surface area contributed by atoms with E-state index in [-0.39, 0.29) is 0 Å². The van der Waals surface area contributed by atoms with Crippen LogP contribution in [0, 0.1) is 0 Å². The second kappa shape index (κ2) is 9.23. The molecule has 0 atom stereocenters. The summed E-state index contributed by atoms with van der Waals surface area (Å²) < 4.78 is 0. The van der Waals surface area contributed by atoms with Crippen LogP contribution in [0.3, 0.4) is 0 Å². The number of hydrogen-bond acceptors (Lipinski definition) is 6. The van der Waals surface area contributed by atoms with Crippen LogP contribution in [0.2, 0.25) is 0 Å². The van der Waals surface area contributed by atoms with Gasteiger partial charge in [-0.05, 0) is 54.6 Å². The molecule has 7 aromatic rings. The Balaban J connectivity index is 1.39. The number of para-hydroxylation sites is 4. The normalized spacial score (nSPS) is 13.6. The largest absolute Gasteiger partial charge is 0.306 e. The van der Waals surface area contributed by atoms with Gasteiger partial charge in [0.2, 0.25) is 0 Å². The number of anilines is 6. The van der Waals surface area contributed by atoms with Crippen molar-refractivity contribution in [2.45, 2.75) is 19.6 Å². The van der Waals surface area contributed by atoms with E-state index in [2.05, 4.69) is 131 Å². The first-order chi connectivity index (χ1) is 21.8. The lowest BCUT2D eigenvalue weighted by Crippen LogP contribution is -2.21. The maximum absolute atomic E-state index is 4.89. The predicted octanol–water partition coefficient (Wildman–Crippen LogP) is 11.1. The number of rotatable bonds is 2. The van der Waals surface area contributed by atoms with Gasteiger partial charge in [0.25, 0.3) is 0 Å². The fourth-order valence-corrected chi connectivity index (χ4v) is 9.00. The monoisotopic (exact) mass is 598 g/mol. The Labute approximate surface area is 263 Å². The van der Waals surface area contributed by atoms with Crippen molar-refractivity contribution < 1.29 is 0 Å². The average Bonchev–Trinajstić information content (AvgIpc) is 3.41. The highest BCUT2D eigenvalue weighted by Crippen LogP contribution is 2.61. The number of benzene rings is 6. The topological polar surface area (TPSA) is 32.3 Å². The Kier molecular flexibility index (Phi) is 5.12. The molecule has 0 spiro atoms. The molecule has 206 valence electrons. The van der Waals surface area contributed by atoms with Gasteiger partial charge in [-0.25, -0.2) is 0 Å². The highest BCUT2D eigenvalue weighted by Gasteiger charge is 2.35. The van der Waals surface area contributed by atoms with Crippen molar-refractivity contribution in [1.82, 2.24) is 9.97 Å². The van der Waals surface area contributed by atoms with Crippen LogP contribution in [0.1, 0.15) is 0 Å². The third-order valence-corrected chi connectivity index (χ3v) is 10.9. The molecule has 0 amide bonds. The molecule has 4 nitrogen and oxygen atoms in total. The molecular weight excluding hydrogens is 577 g/mol. The van der Waals surface area contributed by atoms with E-state index in [0.717, 1.165) is 33.9 Å². The summed E-state index contributed by atoms with van der Waals surface area (Å²) in [5, 5.41) is 2.38. The first-order valence-electron chi connectivity index (χ1n) is 14.6. The van der Waals surface area contributed by atoms with Crippen molar-refractivity contribution in [1.29, 1.82) is 0 Å². The molecule has 0 saturated carbocycles. The predicted molar refractivity (Wildman–Crippen MR) is 182 cm³/mol. The Morgan fingerprint density at radius 2 is 0.909 bits per heavy atom. The summed E-state index contributed by atoms with van der Waals surface area (Å²) in [4.78, 5) is 19.6. The summed E-state index contributed by atoms with van der Waals surface area (Å²) in [5.74, 6) is 0. The molecule has 10 rings (SSSR count). The molecule has 1 aliphatic carbocycles. The lowest BCUT2D eigenvalue weighted by Gasteiger charge is -2.39. The Morgan fingerprint density at radius 3 is 1.45 bits per heavy atom. The minimum Gasteiger partial charge on any atom is -0.306 e. The van der Waals surface area contributed by atoms with Crippen LogP contribution < -0.4 is 9.80 Å². The van der Waals surface area contributed by atoms with Gasteiger partial charge in [-0.15, -0.1) is 0 Å². The van der Waals surface area contributed by atoms with Gasteiger partial charge >= 0.3 is 0 Å².